The van der Waals surface area contributed by atoms with Crippen LogP contribution in [0.5, 0.6) is 0 Å². The van der Waals surface area contributed by atoms with Gasteiger partial charge in [0, 0.05) is 18.7 Å². The van der Waals surface area contributed by atoms with Crippen molar-refractivity contribution in [1.29, 1.82) is 0 Å². The summed E-state index contributed by atoms with van der Waals surface area (Å²) in [5.41, 5.74) is 1.25. The van der Waals surface area contributed by atoms with Gasteiger partial charge in [0.15, 0.2) is 0 Å². The van der Waals surface area contributed by atoms with E-state index in [1.165, 1.54) is 51.4 Å². The lowest BCUT2D eigenvalue weighted by molar-refractivity contribution is -0.171. The summed E-state index contributed by atoms with van der Waals surface area (Å²) in [6.07, 6.45) is 10.0. The van der Waals surface area contributed by atoms with E-state index in [0.717, 1.165) is 37.9 Å². The molecule has 0 heterocycles. The molecule has 182 valence electrons. The minimum Gasteiger partial charge on any atom is -0.478 e. The van der Waals surface area contributed by atoms with Crippen molar-refractivity contribution in [2.45, 2.75) is 102 Å². The van der Waals surface area contributed by atoms with Crippen molar-refractivity contribution in [3.05, 3.63) is 29.8 Å². The van der Waals surface area contributed by atoms with Crippen molar-refractivity contribution in [3.63, 3.8) is 0 Å². The van der Waals surface area contributed by atoms with Crippen LogP contribution < -0.4 is 5.32 Å². The van der Waals surface area contributed by atoms with E-state index in [1.54, 1.807) is 24.3 Å². The van der Waals surface area contributed by atoms with E-state index >= 15 is 0 Å². The largest absolute Gasteiger partial charge is 0.478 e. The summed E-state index contributed by atoms with van der Waals surface area (Å²) < 4.78 is 36.2. The van der Waals surface area contributed by atoms with Crippen molar-refractivity contribution in [2.75, 3.05) is 11.9 Å². The quantitative estimate of drug-likeness (QED) is 0.208. The number of carboxylic acid groups (broad SMARTS) is 1. The average Bonchev–Trinajstić information content (AvgIpc) is 2.75. The van der Waals surface area contributed by atoms with Gasteiger partial charge in [-0.1, -0.05) is 77.0 Å². The number of hydrogen-bond donors (Lipinski definition) is 2. The first-order valence-electron chi connectivity index (χ1n) is 12.0. The number of aromatic carboxylic acids is 1. The van der Waals surface area contributed by atoms with Crippen molar-refractivity contribution >= 4 is 17.4 Å². The molecule has 0 unspecified atom stereocenters. The summed E-state index contributed by atoms with van der Waals surface area (Å²) >= 11 is 0. The number of benzene rings is 1. The fraction of sp³-hybridized carbons (Fsp3) is 0.680. The maximum atomic E-state index is 12.1. The van der Waals surface area contributed by atoms with Crippen molar-refractivity contribution in [2.24, 2.45) is 0 Å². The summed E-state index contributed by atoms with van der Waals surface area (Å²) in [6.45, 7) is 0.894. The molecule has 2 N–H and O–H groups in total. The molecule has 0 radical (unpaired) electrons. The molecule has 0 aliphatic rings. The zero-order chi connectivity index (χ0) is 23.7. The van der Waals surface area contributed by atoms with Crippen LogP contribution in [0.4, 0.5) is 18.9 Å². The van der Waals surface area contributed by atoms with Gasteiger partial charge in [-0.2, -0.15) is 13.2 Å². The minimum atomic E-state index is -4.67. The lowest BCUT2D eigenvalue weighted by Gasteiger charge is -2.07. The standard InChI is InChI=1S/C25H38F3NO3/c26-25(27,28)23(30)15-13-11-9-7-5-3-1-2-4-6-8-10-12-14-20-29-22-18-16-21(17-19-22)24(31)32/h16-19,29H,1-15,20H2,(H,31,32). The van der Waals surface area contributed by atoms with E-state index in [1.807, 2.05) is 0 Å². The van der Waals surface area contributed by atoms with Crippen LogP contribution >= 0.6 is 0 Å². The summed E-state index contributed by atoms with van der Waals surface area (Å²) in [6, 6.07) is 6.81. The Balaban J connectivity index is 1.80. The van der Waals surface area contributed by atoms with Gasteiger partial charge in [-0.15, -0.1) is 0 Å². The molecular weight excluding hydrogens is 419 g/mol. The number of carboxylic acids is 1. The molecule has 0 atom stereocenters. The minimum absolute atomic E-state index is 0.299. The van der Waals surface area contributed by atoms with Crippen molar-refractivity contribution < 1.29 is 27.9 Å². The molecule has 0 amide bonds. The number of anilines is 1. The molecule has 1 aromatic carbocycles. The highest BCUT2D eigenvalue weighted by molar-refractivity contribution is 5.88. The fourth-order valence-electron chi connectivity index (χ4n) is 3.64. The third kappa shape index (κ3) is 14.1. The number of Topliss-reactive ketones (excluding diaryl/α,β-unsaturated/α-hetero) is 1. The number of hydrogen-bond acceptors (Lipinski definition) is 3. The topological polar surface area (TPSA) is 66.4 Å². The average molecular weight is 458 g/mol. The number of carbonyl (C=O) groups excluding carboxylic acids is 1. The molecule has 1 aromatic rings. The van der Waals surface area contributed by atoms with E-state index in [2.05, 4.69) is 5.32 Å². The highest BCUT2D eigenvalue weighted by Gasteiger charge is 2.36. The molecule has 0 aliphatic heterocycles. The Kier molecular flexibility index (Phi) is 14.5. The van der Waals surface area contributed by atoms with Crippen LogP contribution in [-0.2, 0) is 4.79 Å². The van der Waals surface area contributed by atoms with Crippen LogP contribution in [0, 0.1) is 0 Å². The van der Waals surface area contributed by atoms with E-state index in [4.69, 9.17) is 5.11 Å². The van der Waals surface area contributed by atoms with Crippen LogP contribution in [0.25, 0.3) is 0 Å². The number of halogens is 3. The predicted octanol–water partition coefficient (Wildman–Crippen LogP) is 7.78. The summed E-state index contributed by atoms with van der Waals surface area (Å²) in [7, 11) is 0. The van der Waals surface area contributed by atoms with Gasteiger partial charge in [-0.3, -0.25) is 4.79 Å². The first kappa shape index (κ1) is 28.0. The van der Waals surface area contributed by atoms with Crippen LogP contribution in [0.2, 0.25) is 0 Å². The molecule has 0 spiro atoms. The molecule has 0 aromatic heterocycles. The molecule has 32 heavy (non-hydrogen) atoms. The molecule has 0 aliphatic carbocycles. The van der Waals surface area contributed by atoms with Gasteiger partial charge >= 0.3 is 12.1 Å². The Hall–Kier alpha value is -2.05. The third-order valence-corrected chi connectivity index (χ3v) is 5.61. The molecule has 0 saturated carbocycles. The maximum absolute atomic E-state index is 12.1. The smallest absolute Gasteiger partial charge is 0.449 e. The molecular formula is C25H38F3NO3. The second-order valence-electron chi connectivity index (χ2n) is 8.43. The Morgan fingerprint density at radius 3 is 1.50 bits per heavy atom. The molecule has 0 fully saturated rings. The van der Waals surface area contributed by atoms with Crippen molar-refractivity contribution in [3.8, 4) is 0 Å². The van der Waals surface area contributed by atoms with E-state index in [-0.39, 0.29) is 6.42 Å². The second-order valence-corrected chi connectivity index (χ2v) is 8.43. The maximum Gasteiger partial charge on any atom is 0.449 e. The van der Waals surface area contributed by atoms with E-state index < -0.39 is 17.9 Å². The molecule has 0 saturated heterocycles. The van der Waals surface area contributed by atoms with Gasteiger partial charge in [-0.05, 0) is 37.1 Å². The first-order valence-corrected chi connectivity index (χ1v) is 12.0. The highest BCUT2D eigenvalue weighted by atomic mass is 19.4. The predicted molar refractivity (Wildman–Crippen MR) is 122 cm³/mol. The van der Waals surface area contributed by atoms with Crippen LogP contribution in [0.15, 0.2) is 24.3 Å². The Bertz CT molecular complexity index is 645. The van der Waals surface area contributed by atoms with Crippen LogP contribution in [0.1, 0.15) is 107 Å². The second kappa shape index (κ2) is 16.6. The Morgan fingerprint density at radius 2 is 1.09 bits per heavy atom. The zero-order valence-corrected chi connectivity index (χ0v) is 19.0. The van der Waals surface area contributed by atoms with Crippen LogP contribution in [0.3, 0.4) is 0 Å². The van der Waals surface area contributed by atoms with Gasteiger partial charge in [0.2, 0.25) is 5.78 Å². The van der Waals surface area contributed by atoms with Crippen LogP contribution in [-0.4, -0.2) is 29.6 Å². The fourth-order valence-corrected chi connectivity index (χ4v) is 3.64. The lowest BCUT2D eigenvalue weighted by Crippen LogP contribution is -2.22. The highest BCUT2D eigenvalue weighted by Crippen LogP contribution is 2.20. The monoisotopic (exact) mass is 457 g/mol. The van der Waals surface area contributed by atoms with Gasteiger partial charge < -0.3 is 10.4 Å². The Morgan fingerprint density at radius 1 is 0.688 bits per heavy atom. The number of unbranched alkanes of at least 4 members (excludes halogenated alkanes) is 13. The van der Waals surface area contributed by atoms with E-state index in [0.29, 0.717) is 18.4 Å². The number of alkyl halides is 3. The number of carbonyl (C=O) groups is 2. The zero-order valence-electron chi connectivity index (χ0n) is 19.0. The molecule has 0 bridgehead atoms. The third-order valence-electron chi connectivity index (χ3n) is 5.61. The van der Waals surface area contributed by atoms with Gasteiger partial charge in [0.05, 0.1) is 5.56 Å². The Labute approximate surface area is 190 Å². The summed E-state index contributed by atoms with van der Waals surface area (Å²) in [4.78, 5) is 21.6. The SMILES string of the molecule is O=C(O)c1ccc(NCCCCCCCCCCCCCCCCC(=O)C(F)(F)F)cc1. The van der Waals surface area contributed by atoms with Gasteiger partial charge in [-0.25, -0.2) is 4.79 Å². The summed E-state index contributed by atoms with van der Waals surface area (Å²) in [5, 5.41) is 12.2. The molecule has 4 nitrogen and oxygen atoms in total. The number of ketones is 1. The van der Waals surface area contributed by atoms with Gasteiger partial charge in [0.1, 0.15) is 0 Å². The summed E-state index contributed by atoms with van der Waals surface area (Å²) in [5.74, 6) is -2.51. The lowest BCUT2D eigenvalue weighted by atomic mass is 10.0. The van der Waals surface area contributed by atoms with E-state index in [9.17, 15) is 22.8 Å². The van der Waals surface area contributed by atoms with Gasteiger partial charge in [0.25, 0.3) is 0 Å². The first-order chi connectivity index (χ1) is 15.3. The normalized spacial score (nSPS) is 11.5. The number of nitrogens with one attached hydrogen (secondary N) is 1. The number of rotatable bonds is 19. The molecule has 1 rings (SSSR count). The molecule has 7 heteroatoms. The van der Waals surface area contributed by atoms with Crippen molar-refractivity contribution in [1.82, 2.24) is 0 Å².